The summed E-state index contributed by atoms with van der Waals surface area (Å²) < 4.78 is 25.3. The van der Waals surface area contributed by atoms with Crippen LogP contribution in [-0.4, -0.2) is 55.4 Å². The standard InChI is InChI=1S/C10H16O7/c1-10(2)16-7-6(11)5(15-8(7)17-10)4-14-9(12)13-3/h5-8,11H,4H2,1-3H3/t5-,6+,7-,8-/m1/s1. The van der Waals surface area contributed by atoms with E-state index in [1.807, 2.05) is 0 Å². The molecule has 0 radical (unpaired) electrons. The molecule has 0 aromatic carbocycles. The molecule has 2 rings (SSSR count). The van der Waals surface area contributed by atoms with Gasteiger partial charge in [0.25, 0.3) is 0 Å². The van der Waals surface area contributed by atoms with Gasteiger partial charge in [0.15, 0.2) is 12.1 Å². The summed E-state index contributed by atoms with van der Waals surface area (Å²) in [6.07, 6.45) is -3.57. The molecule has 0 unspecified atom stereocenters. The summed E-state index contributed by atoms with van der Waals surface area (Å²) in [6.45, 7) is 3.37. The summed E-state index contributed by atoms with van der Waals surface area (Å²) in [7, 11) is 1.21. The SMILES string of the molecule is COC(=O)OC[C@H]1O[C@@H]2OC(C)(C)O[C@@H]2[C@H]1O. The van der Waals surface area contributed by atoms with Crippen molar-refractivity contribution in [2.75, 3.05) is 13.7 Å². The van der Waals surface area contributed by atoms with E-state index < -0.39 is 36.5 Å². The maximum absolute atomic E-state index is 10.8. The maximum Gasteiger partial charge on any atom is 0.508 e. The van der Waals surface area contributed by atoms with E-state index in [1.54, 1.807) is 13.8 Å². The van der Waals surface area contributed by atoms with Crippen LogP contribution in [0.1, 0.15) is 13.8 Å². The third-order valence-electron chi connectivity index (χ3n) is 2.65. The molecule has 98 valence electrons. The first-order valence-electron chi connectivity index (χ1n) is 5.33. The highest BCUT2D eigenvalue weighted by atomic mass is 16.8. The van der Waals surface area contributed by atoms with Gasteiger partial charge in [0, 0.05) is 0 Å². The first-order valence-corrected chi connectivity index (χ1v) is 5.33. The predicted molar refractivity (Wildman–Crippen MR) is 53.1 cm³/mol. The molecule has 2 aliphatic heterocycles. The number of rotatable bonds is 2. The molecule has 0 amide bonds. The van der Waals surface area contributed by atoms with Crippen molar-refractivity contribution in [1.29, 1.82) is 0 Å². The fourth-order valence-electron chi connectivity index (χ4n) is 1.91. The largest absolute Gasteiger partial charge is 0.508 e. The van der Waals surface area contributed by atoms with Crippen LogP contribution in [0.5, 0.6) is 0 Å². The maximum atomic E-state index is 10.8. The van der Waals surface area contributed by atoms with Crippen molar-refractivity contribution in [1.82, 2.24) is 0 Å². The second-order valence-corrected chi connectivity index (χ2v) is 4.40. The number of methoxy groups -OCH3 is 1. The van der Waals surface area contributed by atoms with Gasteiger partial charge in [-0.2, -0.15) is 0 Å². The average Bonchev–Trinajstić information content (AvgIpc) is 2.70. The van der Waals surface area contributed by atoms with Gasteiger partial charge in [0.2, 0.25) is 0 Å². The van der Waals surface area contributed by atoms with Gasteiger partial charge in [-0.1, -0.05) is 0 Å². The van der Waals surface area contributed by atoms with E-state index in [2.05, 4.69) is 4.74 Å². The van der Waals surface area contributed by atoms with Crippen LogP contribution in [0.2, 0.25) is 0 Å². The Morgan fingerprint density at radius 3 is 2.71 bits per heavy atom. The van der Waals surface area contributed by atoms with Gasteiger partial charge in [0.05, 0.1) is 7.11 Å². The molecule has 7 nitrogen and oxygen atoms in total. The van der Waals surface area contributed by atoms with Crippen LogP contribution in [0.3, 0.4) is 0 Å². The predicted octanol–water partition coefficient (Wildman–Crippen LogP) is 0.00670. The number of aliphatic hydroxyl groups is 1. The minimum Gasteiger partial charge on any atom is -0.438 e. The van der Waals surface area contributed by atoms with Crippen LogP contribution < -0.4 is 0 Å². The highest BCUT2D eigenvalue weighted by Gasteiger charge is 2.54. The first-order chi connectivity index (χ1) is 7.93. The highest BCUT2D eigenvalue weighted by molar-refractivity contribution is 5.59. The monoisotopic (exact) mass is 248 g/mol. The third-order valence-corrected chi connectivity index (χ3v) is 2.65. The lowest BCUT2D eigenvalue weighted by atomic mass is 10.1. The minimum atomic E-state index is -0.897. The normalized spacial score (nSPS) is 38.8. The second-order valence-electron chi connectivity index (χ2n) is 4.40. The molecule has 0 bridgehead atoms. The van der Waals surface area contributed by atoms with Crippen LogP contribution in [0.15, 0.2) is 0 Å². The quantitative estimate of drug-likeness (QED) is 0.689. The second kappa shape index (κ2) is 4.41. The van der Waals surface area contributed by atoms with Crippen molar-refractivity contribution in [3.8, 4) is 0 Å². The Bertz CT molecular complexity index is 303. The Morgan fingerprint density at radius 1 is 1.41 bits per heavy atom. The fraction of sp³-hybridized carbons (Fsp3) is 0.900. The molecule has 1 N–H and O–H groups in total. The van der Waals surface area contributed by atoms with Crippen LogP contribution in [0.25, 0.3) is 0 Å². The number of carbonyl (C=O) groups excluding carboxylic acids is 1. The van der Waals surface area contributed by atoms with Crippen molar-refractivity contribution in [3.05, 3.63) is 0 Å². The summed E-state index contributed by atoms with van der Waals surface area (Å²) in [4.78, 5) is 10.8. The zero-order valence-corrected chi connectivity index (χ0v) is 9.91. The summed E-state index contributed by atoms with van der Waals surface area (Å²) in [5, 5.41) is 9.91. The highest BCUT2D eigenvalue weighted by Crippen LogP contribution is 2.37. The van der Waals surface area contributed by atoms with Gasteiger partial charge < -0.3 is 28.8 Å². The Labute approximate surface area is 98.5 Å². The number of fused-ring (bicyclic) bond motifs is 1. The molecule has 2 saturated heterocycles. The van der Waals surface area contributed by atoms with Crippen molar-refractivity contribution >= 4 is 6.16 Å². The van der Waals surface area contributed by atoms with E-state index in [4.69, 9.17) is 18.9 Å². The van der Waals surface area contributed by atoms with E-state index >= 15 is 0 Å². The number of hydrogen-bond donors (Lipinski definition) is 1. The van der Waals surface area contributed by atoms with Gasteiger partial charge in [-0.05, 0) is 13.8 Å². The molecule has 0 aromatic heterocycles. The number of ether oxygens (including phenoxy) is 5. The summed E-state index contributed by atoms with van der Waals surface area (Å²) >= 11 is 0. The topological polar surface area (TPSA) is 83.5 Å². The third kappa shape index (κ3) is 2.52. The molecule has 0 aliphatic carbocycles. The van der Waals surface area contributed by atoms with E-state index in [-0.39, 0.29) is 6.61 Å². The summed E-state index contributed by atoms with van der Waals surface area (Å²) in [6, 6.07) is 0. The van der Waals surface area contributed by atoms with Crippen molar-refractivity contribution in [3.63, 3.8) is 0 Å². The lowest BCUT2D eigenvalue weighted by Crippen LogP contribution is -2.37. The number of hydrogen-bond acceptors (Lipinski definition) is 7. The lowest BCUT2D eigenvalue weighted by molar-refractivity contribution is -0.218. The molecule has 0 saturated carbocycles. The molecule has 4 atom stereocenters. The Hall–Kier alpha value is -0.890. The van der Waals surface area contributed by atoms with Gasteiger partial charge in [-0.3, -0.25) is 0 Å². The lowest BCUT2D eigenvalue weighted by Gasteiger charge is -2.22. The van der Waals surface area contributed by atoms with E-state index in [9.17, 15) is 9.90 Å². The Morgan fingerprint density at radius 2 is 2.12 bits per heavy atom. The Balaban J connectivity index is 1.87. The Kier molecular flexibility index (Phi) is 3.26. The van der Waals surface area contributed by atoms with Gasteiger partial charge in [-0.25, -0.2) is 4.79 Å². The van der Waals surface area contributed by atoms with Crippen LogP contribution >= 0.6 is 0 Å². The van der Waals surface area contributed by atoms with Gasteiger partial charge >= 0.3 is 6.16 Å². The first kappa shape index (κ1) is 12.6. The van der Waals surface area contributed by atoms with E-state index in [1.165, 1.54) is 7.11 Å². The van der Waals surface area contributed by atoms with Gasteiger partial charge in [0.1, 0.15) is 24.9 Å². The number of aliphatic hydroxyl groups excluding tert-OH is 1. The molecule has 17 heavy (non-hydrogen) atoms. The molecule has 0 aromatic rings. The molecule has 2 heterocycles. The van der Waals surface area contributed by atoms with Crippen molar-refractivity contribution < 1.29 is 33.6 Å². The van der Waals surface area contributed by atoms with Crippen LogP contribution in [0, 0.1) is 0 Å². The van der Waals surface area contributed by atoms with Crippen molar-refractivity contribution in [2.45, 2.75) is 44.2 Å². The average molecular weight is 248 g/mol. The zero-order chi connectivity index (χ0) is 12.6. The fourth-order valence-corrected chi connectivity index (χ4v) is 1.91. The molecule has 7 heteroatoms. The van der Waals surface area contributed by atoms with Crippen LogP contribution in [0.4, 0.5) is 4.79 Å². The molecular formula is C10H16O7. The molecule has 2 aliphatic rings. The number of carbonyl (C=O) groups is 1. The summed E-state index contributed by atoms with van der Waals surface area (Å²) in [5.41, 5.74) is 0. The van der Waals surface area contributed by atoms with Crippen LogP contribution in [-0.2, 0) is 23.7 Å². The van der Waals surface area contributed by atoms with Gasteiger partial charge in [-0.15, -0.1) is 0 Å². The minimum absolute atomic E-state index is 0.103. The molecular weight excluding hydrogens is 232 g/mol. The van der Waals surface area contributed by atoms with Crippen molar-refractivity contribution in [2.24, 2.45) is 0 Å². The molecule has 0 spiro atoms. The summed E-state index contributed by atoms with van der Waals surface area (Å²) in [5.74, 6) is -0.773. The zero-order valence-electron chi connectivity index (χ0n) is 9.91. The molecule has 2 fully saturated rings. The van der Waals surface area contributed by atoms with E-state index in [0.717, 1.165) is 0 Å². The smallest absolute Gasteiger partial charge is 0.438 e. The van der Waals surface area contributed by atoms with E-state index in [0.29, 0.717) is 0 Å².